The quantitative estimate of drug-likeness (QED) is 0.268. The highest BCUT2D eigenvalue weighted by molar-refractivity contribution is 5.71. The van der Waals surface area contributed by atoms with Crippen LogP contribution in [-0.4, -0.2) is 83.7 Å². The van der Waals surface area contributed by atoms with Crippen LogP contribution in [0.1, 0.15) is 37.6 Å². The highest BCUT2D eigenvalue weighted by Crippen LogP contribution is 2.37. The van der Waals surface area contributed by atoms with Crippen LogP contribution in [0.5, 0.6) is 0 Å². The Morgan fingerprint density at radius 1 is 1.04 bits per heavy atom. The fourth-order valence-electron chi connectivity index (χ4n) is 7.69. The molecule has 2 saturated heterocycles. The van der Waals surface area contributed by atoms with E-state index in [2.05, 4.69) is 51.0 Å². The number of piperazine rings is 1. The van der Waals surface area contributed by atoms with E-state index < -0.39 is 0 Å². The fourth-order valence-corrected chi connectivity index (χ4v) is 7.69. The van der Waals surface area contributed by atoms with E-state index >= 15 is 0 Å². The van der Waals surface area contributed by atoms with Crippen molar-refractivity contribution in [3.8, 4) is 17.1 Å². The minimum Gasteiger partial charge on any atom is -0.392 e. The largest absolute Gasteiger partial charge is 0.392 e. The molecular formula is C36H41N9O4. The second-order valence-corrected chi connectivity index (χ2v) is 14.3. The molecule has 13 heteroatoms. The summed E-state index contributed by atoms with van der Waals surface area (Å²) in [5, 5.41) is 18.3. The molecule has 5 aromatic heterocycles. The first-order chi connectivity index (χ1) is 23.6. The summed E-state index contributed by atoms with van der Waals surface area (Å²) < 4.78 is 10.1. The minimum atomic E-state index is -0.389. The highest BCUT2D eigenvalue weighted by Gasteiger charge is 2.34. The first-order valence-electron chi connectivity index (χ1n) is 16.8. The van der Waals surface area contributed by atoms with E-state index in [4.69, 9.17) is 4.74 Å². The maximum Gasteiger partial charge on any atom is 0.290 e. The van der Waals surface area contributed by atoms with Crippen LogP contribution in [0.25, 0.3) is 22.6 Å². The van der Waals surface area contributed by atoms with Gasteiger partial charge in [-0.2, -0.15) is 5.10 Å². The number of aliphatic hydroxyl groups is 1. The van der Waals surface area contributed by atoms with Crippen molar-refractivity contribution in [1.29, 1.82) is 0 Å². The van der Waals surface area contributed by atoms with E-state index in [0.717, 1.165) is 51.4 Å². The van der Waals surface area contributed by atoms with Gasteiger partial charge in [0.2, 0.25) is 0 Å². The number of hydrogen-bond acceptors (Lipinski definition) is 10. The molecule has 2 aliphatic heterocycles. The van der Waals surface area contributed by atoms with Crippen molar-refractivity contribution >= 4 is 22.7 Å². The normalized spacial score (nSPS) is 19.3. The Bertz CT molecular complexity index is 2180. The van der Waals surface area contributed by atoms with E-state index in [-0.39, 0.29) is 28.8 Å². The molecule has 7 heterocycles. The lowest BCUT2D eigenvalue weighted by Crippen LogP contribution is -2.60. The lowest BCUT2D eigenvalue weighted by atomic mass is 9.90. The van der Waals surface area contributed by atoms with Gasteiger partial charge < -0.3 is 24.5 Å². The van der Waals surface area contributed by atoms with Gasteiger partial charge in [-0.3, -0.25) is 19.1 Å². The summed E-state index contributed by atoms with van der Waals surface area (Å²) in [6.45, 7) is 10.8. The molecule has 13 nitrogen and oxygen atoms in total. The van der Waals surface area contributed by atoms with Gasteiger partial charge in [0.15, 0.2) is 0 Å². The number of fused-ring (bicyclic) bond motifs is 3. The first kappa shape index (κ1) is 31.4. The Morgan fingerprint density at radius 3 is 2.59 bits per heavy atom. The van der Waals surface area contributed by atoms with Crippen LogP contribution < -0.4 is 21.3 Å². The van der Waals surface area contributed by atoms with E-state index in [9.17, 15) is 14.7 Å². The summed E-state index contributed by atoms with van der Waals surface area (Å²) in [6, 6.07) is 10.2. The second kappa shape index (κ2) is 11.9. The lowest BCUT2D eigenvalue weighted by molar-refractivity contribution is -0.0792. The molecule has 0 saturated carbocycles. The molecule has 3 aliphatic rings. The molecule has 2 N–H and O–H groups in total. The van der Waals surface area contributed by atoms with Gasteiger partial charge in [0.05, 0.1) is 43.4 Å². The number of hydrogen-bond donors (Lipinski definition) is 2. The fraction of sp³-hybridized carbons (Fsp3) is 0.417. The number of nitrogens with zero attached hydrogens (tertiary/aromatic N) is 8. The van der Waals surface area contributed by atoms with Crippen LogP contribution in [0, 0.1) is 5.41 Å². The van der Waals surface area contributed by atoms with Crippen molar-refractivity contribution in [1.82, 2.24) is 33.6 Å². The van der Waals surface area contributed by atoms with Crippen molar-refractivity contribution < 1.29 is 9.84 Å². The van der Waals surface area contributed by atoms with E-state index in [1.165, 1.54) is 20.5 Å². The predicted octanol–water partition coefficient (Wildman–Crippen LogP) is 2.91. The zero-order valence-electron chi connectivity index (χ0n) is 28.3. The van der Waals surface area contributed by atoms with Crippen LogP contribution in [-0.2, 0) is 31.2 Å². The van der Waals surface area contributed by atoms with Gasteiger partial charge in [-0.25, -0.2) is 14.6 Å². The van der Waals surface area contributed by atoms with E-state index in [0.29, 0.717) is 46.1 Å². The van der Waals surface area contributed by atoms with Crippen LogP contribution in [0.4, 0.5) is 17.2 Å². The van der Waals surface area contributed by atoms with Gasteiger partial charge in [-0.05, 0) is 61.1 Å². The third kappa shape index (κ3) is 5.51. The number of anilines is 3. The maximum atomic E-state index is 13.8. The van der Waals surface area contributed by atoms with Crippen molar-refractivity contribution in [3.05, 3.63) is 92.6 Å². The average molecular weight is 664 g/mol. The summed E-state index contributed by atoms with van der Waals surface area (Å²) in [7, 11) is 1.58. The number of rotatable bonds is 7. The molecule has 254 valence electrons. The Morgan fingerprint density at radius 2 is 1.88 bits per heavy atom. The molecule has 0 amide bonds. The van der Waals surface area contributed by atoms with Gasteiger partial charge in [-0.1, -0.05) is 13.8 Å². The predicted molar refractivity (Wildman–Crippen MR) is 187 cm³/mol. The third-order valence-corrected chi connectivity index (χ3v) is 10.3. The maximum absolute atomic E-state index is 13.8. The van der Waals surface area contributed by atoms with Crippen LogP contribution >= 0.6 is 0 Å². The van der Waals surface area contributed by atoms with E-state index in [1.54, 1.807) is 31.6 Å². The topological polar surface area (TPSA) is 135 Å². The molecule has 0 radical (unpaired) electrons. The zero-order valence-corrected chi connectivity index (χ0v) is 28.3. The van der Waals surface area contributed by atoms with E-state index in [1.807, 2.05) is 35.0 Å². The Balaban J connectivity index is 1.07. The average Bonchev–Trinajstić information content (AvgIpc) is 3.55. The lowest BCUT2D eigenvalue weighted by Gasteiger charge is -2.47. The van der Waals surface area contributed by atoms with Crippen LogP contribution in [0.15, 0.2) is 64.7 Å². The number of ether oxygens (including phenoxy) is 1. The molecule has 8 rings (SSSR count). The third-order valence-electron chi connectivity index (χ3n) is 10.3. The Labute approximate surface area is 283 Å². The smallest absolute Gasteiger partial charge is 0.290 e. The summed E-state index contributed by atoms with van der Waals surface area (Å²) in [6.07, 6.45) is 8.83. The van der Waals surface area contributed by atoms with Crippen molar-refractivity contribution in [2.75, 3.05) is 43.1 Å². The van der Waals surface area contributed by atoms with Crippen molar-refractivity contribution in [3.63, 3.8) is 0 Å². The molecule has 2 fully saturated rings. The number of pyridine rings is 2. The van der Waals surface area contributed by atoms with Gasteiger partial charge in [0.1, 0.15) is 22.8 Å². The summed E-state index contributed by atoms with van der Waals surface area (Å²) >= 11 is 0. The van der Waals surface area contributed by atoms with Crippen LogP contribution in [0.2, 0.25) is 0 Å². The standard InChI is InChI=1S/C36H41N9O4/c1-22-18-42(9-10-43(22)25-20-49-21-25)24-5-6-32(38-17-24)39-29-14-28(40-41(4)34(29)47)26-7-8-37-33(27(26)19-46)45-12-11-44-30(35(45)48)13-23-15-36(2,3)16-31(23)44/h5-8,11-14,17,22,25,46H,9-10,15-16,18-21H2,1-4H3,(H,38,39)/t22-/m1/s1. The number of nitrogens with one attached hydrogen (secondary N) is 1. The highest BCUT2D eigenvalue weighted by atomic mass is 16.5. The molecule has 1 aliphatic carbocycles. The minimum absolute atomic E-state index is 0.164. The monoisotopic (exact) mass is 663 g/mol. The molecule has 49 heavy (non-hydrogen) atoms. The molecule has 0 unspecified atom stereocenters. The summed E-state index contributed by atoms with van der Waals surface area (Å²) in [5.41, 5.74) is 5.28. The van der Waals surface area contributed by atoms with Gasteiger partial charge in [0, 0.05) is 68.1 Å². The number of aryl methyl sites for hydroxylation is 1. The molecule has 1 atom stereocenters. The summed E-state index contributed by atoms with van der Waals surface area (Å²) in [4.78, 5) is 41.0. The molecule has 5 aromatic rings. The molecule has 0 bridgehead atoms. The Hall–Kier alpha value is -4.85. The van der Waals surface area contributed by atoms with Crippen LogP contribution in [0.3, 0.4) is 0 Å². The summed E-state index contributed by atoms with van der Waals surface area (Å²) in [5.74, 6) is 0.837. The van der Waals surface area contributed by atoms with Gasteiger partial charge in [0.25, 0.3) is 11.1 Å². The van der Waals surface area contributed by atoms with Crippen molar-refractivity contribution in [2.45, 2.75) is 52.3 Å². The second-order valence-electron chi connectivity index (χ2n) is 14.3. The molecular weight excluding hydrogens is 622 g/mol. The first-order valence-corrected chi connectivity index (χ1v) is 16.8. The molecule has 0 aromatic carbocycles. The Kier molecular flexibility index (Phi) is 7.65. The molecule has 0 spiro atoms. The van der Waals surface area contributed by atoms with Gasteiger partial charge >= 0.3 is 0 Å². The SMILES string of the molecule is C[C@@H]1CN(c2ccc(Nc3cc(-c4ccnc(-n5ccn6c7c(cc6c5=O)CC(C)(C)C7)c4CO)nn(C)c3=O)nc2)CCN1C1COC1. The van der Waals surface area contributed by atoms with Gasteiger partial charge in [-0.15, -0.1) is 0 Å². The number of aliphatic hydroxyl groups excluding tert-OH is 1. The van der Waals surface area contributed by atoms with Crippen molar-refractivity contribution in [2.24, 2.45) is 12.5 Å². The number of aromatic nitrogens is 6. The zero-order chi connectivity index (χ0) is 34.0.